The lowest BCUT2D eigenvalue weighted by molar-refractivity contribution is -0.385. The number of nitro benzene ring substituents is 1. The molecule has 1 N–H and O–H groups in total. The van der Waals surface area contributed by atoms with Crippen LogP contribution < -0.4 is 5.32 Å². The van der Waals surface area contributed by atoms with Crippen LogP contribution in [0.5, 0.6) is 0 Å². The molecule has 0 spiro atoms. The minimum atomic E-state index is -0.923. The Hall–Kier alpha value is -1.72. The summed E-state index contributed by atoms with van der Waals surface area (Å²) in [5.41, 5.74) is -0.715. The lowest BCUT2D eigenvalue weighted by Gasteiger charge is -2.15. The summed E-state index contributed by atoms with van der Waals surface area (Å²) >= 11 is 0. The van der Waals surface area contributed by atoms with E-state index < -0.39 is 22.2 Å². The van der Waals surface area contributed by atoms with E-state index in [1.807, 2.05) is 6.92 Å². The topological polar surface area (TPSA) is 55.2 Å². The summed E-state index contributed by atoms with van der Waals surface area (Å²) in [5, 5.41) is 13.2. The molecule has 1 aromatic carbocycles. The Morgan fingerprint density at radius 3 is 2.33 bits per heavy atom. The third kappa shape index (κ3) is 2.42. The molecule has 0 saturated heterocycles. The van der Waals surface area contributed by atoms with Crippen LogP contribution in [0.4, 0.5) is 20.2 Å². The molecule has 1 aliphatic rings. The van der Waals surface area contributed by atoms with Gasteiger partial charge < -0.3 is 5.32 Å². The van der Waals surface area contributed by atoms with Crippen LogP contribution in [0.25, 0.3) is 0 Å². The van der Waals surface area contributed by atoms with E-state index in [1.54, 1.807) is 0 Å². The molecule has 18 heavy (non-hydrogen) atoms. The average Bonchev–Trinajstić information content (AvgIpc) is 3.08. The van der Waals surface area contributed by atoms with Gasteiger partial charge in [0.2, 0.25) is 0 Å². The number of hydrogen-bond acceptors (Lipinski definition) is 3. The van der Waals surface area contributed by atoms with Gasteiger partial charge in [-0.25, -0.2) is 8.78 Å². The lowest BCUT2D eigenvalue weighted by Crippen LogP contribution is -2.16. The summed E-state index contributed by atoms with van der Waals surface area (Å²) in [6.45, 7) is 2.53. The second-order valence-corrected chi connectivity index (χ2v) is 4.75. The zero-order valence-electron chi connectivity index (χ0n) is 10.0. The van der Waals surface area contributed by atoms with Crippen molar-refractivity contribution in [2.45, 2.75) is 26.2 Å². The molecule has 0 heterocycles. The summed E-state index contributed by atoms with van der Waals surface area (Å²) in [6.07, 6.45) is 3.05. The molecule has 1 saturated carbocycles. The number of nitrogens with one attached hydrogen (secondary N) is 1. The standard InChI is InChI=1S/C12H14F2N2O2/c1-2-12(3-4-12)7-15-11-9(13)5-8(16(17)18)6-10(11)14/h5-6,15H,2-4,7H2,1H3. The second kappa shape index (κ2) is 4.51. The van der Waals surface area contributed by atoms with Crippen molar-refractivity contribution in [1.29, 1.82) is 0 Å². The third-order valence-electron chi connectivity index (χ3n) is 3.58. The molecule has 1 fully saturated rings. The summed E-state index contributed by atoms with van der Waals surface area (Å²) in [5.74, 6) is -1.85. The molecule has 0 bridgehead atoms. The van der Waals surface area contributed by atoms with Crippen molar-refractivity contribution < 1.29 is 13.7 Å². The number of rotatable bonds is 5. The van der Waals surface area contributed by atoms with Crippen molar-refractivity contribution in [2.75, 3.05) is 11.9 Å². The van der Waals surface area contributed by atoms with Crippen LogP contribution >= 0.6 is 0 Å². The molecule has 0 aliphatic heterocycles. The molecule has 2 rings (SSSR count). The van der Waals surface area contributed by atoms with Gasteiger partial charge in [-0.05, 0) is 24.7 Å². The number of anilines is 1. The van der Waals surface area contributed by atoms with Gasteiger partial charge in [-0.15, -0.1) is 0 Å². The molecule has 0 atom stereocenters. The highest BCUT2D eigenvalue weighted by molar-refractivity contribution is 5.51. The van der Waals surface area contributed by atoms with Gasteiger partial charge in [0.15, 0.2) is 11.6 Å². The minimum Gasteiger partial charge on any atom is -0.380 e. The molecule has 0 aromatic heterocycles. The highest BCUT2D eigenvalue weighted by Crippen LogP contribution is 2.48. The number of halogens is 2. The van der Waals surface area contributed by atoms with Crippen LogP contribution in [0.15, 0.2) is 12.1 Å². The Labute approximate surface area is 103 Å². The quantitative estimate of drug-likeness (QED) is 0.648. The fourth-order valence-electron chi connectivity index (χ4n) is 1.94. The highest BCUT2D eigenvalue weighted by Gasteiger charge is 2.40. The van der Waals surface area contributed by atoms with Crippen LogP contribution in [0.3, 0.4) is 0 Å². The van der Waals surface area contributed by atoms with Crippen molar-refractivity contribution in [3.63, 3.8) is 0 Å². The van der Waals surface area contributed by atoms with Gasteiger partial charge >= 0.3 is 0 Å². The van der Waals surface area contributed by atoms with Crippen LogP contribution in [-0.4, -0.2) is 11.5 Å². The van der Waals surface area contributed by atoms with E-state index in [-0.39, 0.29) is 11.1 Å². The Morgan fingerprint density at radius 2 is 1.94 bits per heavy atom. The number of nitro groups is 1. The maximum absolute atomic E-state index is 13.6. The fourth-order valence-corrected chi connectivity index (χ4v) is 1.94. The van der Waals surface area contributed by atoms with E-state index in [1.165, 1.54) is 0 Å². The zero-order valence-corrected chi connectivity index (χ0v) is 10.0. The van der Waals surface area contributed by atoms with E-state index in [0.29, 0.717) is 6.54 Å². The number of non-ortho nitro benzene ring substituents is 1. The summed E-state index contributed by atoms with van der Waals surface area (Å²) < 4.78 is 27.1. The Balaban J connectivity index is 2.15. The van der Waals surface area contributed by atoms with Gasteiger partial charge in [-0.1, -0.05) is 6.92 Å². The Morgan fingerprint density at radius 1 is 1.39 bits per heavy atom. The average molecular weight is 256 g/mol. The lowest BCUT2D eigenvalue weighted by atomic mass is 10.0. The van der Waals surface area contributed by atoms with Gasteiger partial charge in [0, 0.05) is 6.54 Å². The fraction of sp³-hybridized carbons (Fsp3) is 0.500. The van der Waals surface area contributed by atoms with Crippen LogP contribution in [0.1, 0.15) is 26.2 Å². The largest absolute Gasteiger partial charge is 0.380 e. The molecule has 98 valence electrons. The van der Waals surface area contributed by atoms with Crippen molar-refractivity contribution >= 4 is 11.4 Å². The molecular formula is C12H14F2N2O2. The first-order valence-electron chi connectivity index (χ1n) is 5.85. The number of nitrogens with zero attached hydrogens (tertiary/aromatic N) is 1. The Kier molecular flexibility index (Phi) is 3.19. The predicted octanol–water partition coefficient (Wildman–Crippen LogP) is 3.48. The molecule has 0 amide bonds. The Bertz CT molecular complexity index is 464. The van der Waals surface area contributed by atoms with Crippen LogP contribution in [0.2, 0.25) is 0 Å². The van der Waals surface area contributed by atoms with Gasteiger partial charge in [0.05, 0.1) is 17.1 Å². The monoisotopic (exact) mass is 256 g/mol. The van der Waals surface area contributed by atoms with Crippen LogP contribution in [0, 0.1) is 27.2 Å². The first-order valence-corrected chi connectivity index (χ1v) is 5.85. The number of benzene rings is 1. The van der Waals surface area contributed by atoms with Gasteiger partial charge in [-0.2, -0.15) is 0 Å². The van der Waals surface area contributed by atoms with Gasteiger partial charge in [0.1, 0.15) is 5.69 Å². The maximum atomic E-state index is 13.6. The molecule has 6 heteroatoms. The van der Waals surface area contributed by atoms with E-state index in [0.717, 1.165) is 31.4 Å². The van der Waals surface area contributed by atoms with E-state index in [4.69, 9.17) is 0 Å². The van der Waals surface area contributed by atoms with E-state index in [2.05, 4.69) is 5.32 Å². The zero-order chi connectivity index (χ0) is 13.3. The third-order valence-corrected chi connectivity index (χ3v) is 3.58. The minimum absolute atomic E-state index is 0.140. The first-order chi connectivity index (χ1) is 8.47. The summed E-state index contributed by atoms with van der Waals surface area (Å²) in [7, 11) is 0. The SMILES string of the molecule is CCC1(CNc2c(F)cc([N+](=O)[O-])cc2F)CC1. The molecular weight excluding hydrogens is 242 g/mol. The molecule has 4 nitrogen and oxygen atoms in total. The summed E-state index contributed by atoms with van der Waals surface area (Å²) in [4.78, 5) is 9.63. The van der Waals surface area contributed by atoms with Crippen molar-refractivity contribution in [3.8, 4) is 0 Å². The normalized spacial score (nSPS) is 16.4. The predicted molar refractivity (Wildman–Crippen MR) is 63.5 cm³/mol. The van der Waals surface area contributed by atoms with E-state index >= 15 is 0 Å². The van der Waals surface area contributed by atoms with Crippen molar-refractivity contribution in [3.05, 3.63) is 33.9 Å². The van der Waals surface area contributed by atoms with Crippen molar-refractivity contribution in [1.82, 2.24) is 0 Å². The van der Waals surface area contributed by atoms with Gasteiger partial charge in [-0.3, -0.25) is 10.1 Å². The van der Waals surface area contributed by atoms with E-state index in [9.17, 15) is 18.9 Å². The van der Waals surface area contributed by atoms with Gasteiger partial charge in [0.25, 0.3) is 5.69 Å². The molecule has 0 unspecified atom stereocenters. The maximum Gasteiger partial charge on any atom is 0.275 e. The molecule has 0 radical (unpaired) electrons. The second-order valence-electron chi connectivity index (χ2n) is 4.75. The number of hydrogen-bond donors (Lipinski definition) is 1. The first kappa shape index (κ1) is 12.7. The highest BCUT2D eigenvalue weighted by atomic mass is 19.1. The van der Waals surface area contributed by atoms with Crippen molar-refractivity contribution in [2.24, 2.45) is 5.41 Å². The van der Waals surface area contributed by atoms with Crippen LogP contribution in [-0.2, 0) is 0 Å². The summed E-state index contributed by atoms with van der Waals surface area (Å²) in [6, 6.07) is 1.47. The molecule has 1 aliphatic carbocycles. The molecule has 1 aromatic rings. The smallest absolute Gasteiger partial charge is 0.275 e.